The average molecular weight is 322 g/mol. The van der Waals surface area contributed by atoms with Crippen LogP contribution < -0.4 is 0 Å². The number of rotatable bonds is 4. The maximum absolute atomic E-state index is 11.4. The second-order valence-electron chi connectivity index (χ2n) is 4.50. The molecule has 0 aliphatic rings. The number of nitrogens with zero attached hydrogens (tertiary/aromatic N) is 3. The van der Waals surface area contributed by atoms with Gasteiger partial charge in [0.25, 0.3) is 0 Å². The molecule has 19 heavy (non-hydrogen) atoms. The van der Waals surface area contributed by atoms with Gasteiger partial charge in [0.2, 0.25) is 5.91 Å². The first kappa shape index (κ1) is 13.8. The summed E-state index contributed by atoms with van der Waals surface area (Å²) in [5.41, 5.74) is 1.98. The van der Waals surface area contributed by atoms with Gasteiger partial charge >= 0.3 is 0 Å². The fourth-order valence-corrected chi connectivity index (χ4v) is 2.17. The smallest absolute Gasteiger partial charge is 0.219 e. The molecule has 0 N–H and O–H groups in total. The van der Waals surface area contributed by atoms with Gasteiger partial charge < -0.3 is 9.47 Å². The summed E-state index contributed by atoms with van der Waals surface area (Å²) in [6.45, 7) is 6.56. The Labute approximate surface area is 120 Å². The van der Waals surface area contributed by atoms with E-state index in [0.717, 1.165) is 21.3 Å². The van der Waals surface area contributed by atoms with Crippen LogP contribution in [0.4, 0.5) is 0 Å². The molecular weight excluding hydrogens is 306 g/mol. The Bertz CT molecular complexity index is 633. The Balaban J connectivity index is 2.46. The molecule has 0 atom stereocenters. The normalized spacial score (nSPS) is 10.7. The van der Waals surface area contributed by atoms with E-state index in [1.807, 2.05) is 24.3 Å². The van der Waals surface area contributed by atoms with Gasteiger partial charge in [-0.1, -0.05) is 34.6 Å². The van der Waals surface area contributed by atoms with Crippen molar-refractivity contribution in [3.8, 4) is 0 Å². The Hall–Kier alpha value is -1.62. The molecule has 1 heterocycles. The SMILES string of the molecule is C=C(Br)Cn1c(CN(C)C(C)=O)nc2ccccc21. The summed E-state index contributed by atoms with van der Waals surface area (Å²) in [6, 6.07) is 7.94. The Morgan fingerprint density at radius 3 is 2.79 bits per heavy atom. The van der Waals surface area contributed by atoms with Crippen molar-refractivity contribution in [2.45, 2.75) is 20.0 Å². The van der Waals surface area contributed by atoms with Crippen molar-refractivity contribution in [3.05, 3.63) is 41.2 Å². The van der Waals surface area contributed by atoms with Crippen LogP contribution in [0.25, 0.3) is 11.0 Å². The lowest BCUT2D eigenvalue weighted by atomic mass is 10.3. The molecule has 1 aromatic heterocycles. The molecule has 0 bridgehead atoms. The third-order valence-electron chi connectivity index (χ3n) is 2.98. The van der Waals surface area contributed by atoms with Gasteiger partial charge in [0.05, 0.1) is 24.1 Å². The summed E-state index contributed by atoms with van der Waals surface area (Å²) in [5.74, 6) is 0.885. The number of fused-ring (bicyclic) bond motifs is 1. The largest absolute Gasteiger partial charge is 0.339 e. The number of allylic oxidation sites excluding steroid dienone is 1. The number of imidazole rings is 1. The van der Waals surface area contributed by atoms with Crippen LogP contribution in [0.15, 0.2) is 35.3 Å². The van der Waals surface area contributed by atoms with Crippen molar-refractivity contribution < 1.29 is 4.79 Å². The number of hydrogen-bond acceptors (Lipinski definition) is 2. The summed E-state index contributed by atoms with van der Waals surface area (Å²) >= 11 is 3.39. The standard InChI is InChI=1S/C14H16BrN3O/c1-10(15)8-18-13-7-5-4-6-12(13)16-14(18)9-17(3)11(2)19/h4-7H,1,8-9H2,2-3H3. The van der Waals surface area contributed by atoms with Crippen LogP contribution in [0.2, 0.25) is 0 Å². The predicted molar refractivity (Wildman–Crippen MR) is 79.9 cm³/mol. The van der Waals surface area contributed by atoms with Gasteiger partial charge in [-0.2, -0.15) is 0 Å². The van der Waals surface area contributed by atoms with Gasteiger partial charge in [0, 0.05) is 18.5 Å². The van der Waals surface area contributed by atoms with E-state index in [2.05, 4.69) is 32.1 Å². The maximum atomic E-state index is 11.4. The molecule has 0 spiro atoms. The van der Waals surface area contributed by atoms with Crippen LogP contribution in [0.5, 0.6) is 0 Å². The van der Waals surface area contributed by atoms with Crippen molar-refractivity contribution in [2.75, 3.05) is 7.05 Å². The highest BCUT2D eigenvalue weighted by atomic mass is 79.9. The zero-order valence-electron chi connectivity index (χ0n) is 11.1. The molecule has 1 amide bonds. The highest BCUT2D eigenvalue weighted by molar-refractivity contribution is 9.11. The van der Waals surface area contributed by atoms with Crippen LogP contribution >= 0.6 is 15.9 Å². The van der Waals surface area contributed by atoms with Gasteiger partial charge in [0.15, 0.2) is 0 Å². The fraction of sp³-hybridized carbons (Fsp3) is 0.286. The van der Waals surface area contributed by atoms with Gasteiger partial charge in [0.1, 0.15) is 5.82 Å². The molecule has 100 valence electrons. The number of benzene rings is 1. The molecule has 0 aliphatic carbocycles. The predicted octanol–water partition coefficient (Wildman–Crippen LogP) is 2.92. The van der Waals surface area contributed by atoms with Gasteiger partial charge in [-0.05, 0) is 12.1 Å². The molecule has 0 radical (unpaired) electrons. The highest BCUT2D eigenvalue weighted by Gasteiger charge is 2.13. The zero-order valence-corrected chi connectivity index (χ0v) is 12.6. The Kier molecular flexibility index (Phi) is 4.04. The van der Waals surface area contributed by atoms with Gasteiger partial charge in [-0.3, -0.25) is 4.79 Å². The number of carbonyl (C=O) groups is 1. The molecule has 0 aliphatic heterocycles. The Morgan fingerprint density at radius 2 is 2.16 bits per heavy atom. The zero-order chi connectivity index (χ0) is 14.0. The third-order valence-corrected chi connectivity index (χ3v) is 3.23. The highest BCUT2D eigenvalue weighted by Crippen LogP contribution is 2.19. The van der Waals surface area contributed by atoms with Crippen molar-refractivity contribution in [1.29, 1.82) is 0 Å². The number of amides is 1. The van der Waals surface area contributed by atoms with E-state index >= 15 is 0 Å². The number of para-hydroxylation sites is 2. The quantitative estimate of drug-likeness (QED) is 0.868. The second-order valence-corrected chi connectivity index (χ2v) is 5.62. The van der Waals surface area contributed by atoms with Crippen LogP contribution in [0.1, 0.15) is 12.7 Å². The van der Waals surface area contributed by atoms with E-state index in [9.17, 15) is 4.79 Å². The van der Waals surface area contributed by atoms with Crippen molar-refractivity contribution >= 4 is 32.9 Å². The van der Waals surface area contributed by atoms with E-state index in [0.29, 0.717) is 13.1 Å². The third kappa shape index (κ3) is 3.04. The summed E-state index contributed by atoms with van der Waals surface area (Å²) in [6.07, 6.45) is 0. The van der Waals surface area contributed by atoms with Gasteiger partial charge in [-0.15, -0.1) is 0 Å². The molecule has 5 heteroatoms. The molecule has 0 unspecified atom stereocenters. The van der Waals surface area contributed by atoms with E-state index in [-0.39, 0.29) is 5.91 Å². The van der Waals surface area contributed by atoms with E-state index in [1.54, 1.807) is 18.9 Å². The number of hydrogen-bond donors (Lipinski definition) is 0. The lowest BCUT2D eigenvalue weighted by Crippen LogP contribution is -2.25. The first-order valence-electron chi connectivity index (χ1n) is 5.98. The second kappa shape index (κ2) is 5.57. The van der Waals surface area contributed by atoms with Crippen LogP contribution in [0, 0.1) is 0 Å². The summed E-state index contributed by atoms with van der Waals surface area (Å²) in [4.78, 5) is 17.6. The minimum Gasteiger partial charge on any atom is -0.339 e. The summed E-state index contributed by atoms with van der Waals surface area (Å²) < 4.78 is 2.95. The fourth-order valence-electron chi connectivity index (χ4n) is 1.92. The minimum absolute atomic E-state index is 0.0243. The number of aromatic nitrogens is 2. The molecule has 2 aromatic rings. The molecule has 0 saturated carbocycles. The molecule has 0 saturated heterocycles. The van der Waals surface area contributed by atoms with Crippen LogP contribution in [-0.2, 0) is 17.9 Å². The minimum atomic E-state index is 0.0243. The lowest BCUT2D eigenvalue weighted by Gasteiger charge is -2.15. The van der Waals surface area contributed by atoms with Crippen molar-refractivity contribution in [3.63, 3.8) is 0 Å². The van der Waals surface area contributed by atoms with Gasteiger partial charge in [-0.25, -0.2) is 4.98 Å². The molecular formula is C14H16BrN3O. The lowest BCUT2D eigenvalue weighted by molar-refractivity contribution is -0.128. The molecule has 4 nitrogen and oxygen atoms in total. The molecule has 0 fully saturated rings. The Morgan fingerprint density at radius 1 is 1.47 bits per heavy atom. The topological polar surface area (TPSA) is 38.1 Å². The van der Waals surface area contributed by atoms with E-state index in [1.165, 1.54) is 0 Å². The van der Waals surface area contributed by atoms with Crippen LogP contribution in [0.3, 0.4) is 0 Å². The van der Waals surface area contributed by atoms with Crippen molar-refractivity contribution in [2.24, 2.45) is 0 Å². The molecule has 1 aromatic carbocycles. The average Bonchev–Trinajstić information content (AvgIpc) is 2.67. The summed E-state index contributed by atoms with van der Waals surface area (Å²) in [5, 5.41) is 0. The molecule has 2 rings (SSSR count). The summed E-state index contributed by atoms with van der Waals surface area (Å²) in [7, 11) is 1.77. The monoisotopic (exact) mass is 321 g/mol. The number of halogens is 1. The first-order chi connectivity index (χ1) is 8.99. The number of carbonyl (C=O) groups excluding carboxylic acids is 1. The van der Waals surface area contributed by atoms with Crippen molar-refractivity contribution in [1.82, 2.24) is 14.5 Å². The van der Waals surface area contributed by atoms with E-state index in [4.69, 9.17) is 0 Å². The van der Waals surface area contributed by atoms with Crippen LogP contribution in [-0.4, -0.2) is 27.4 Å². The van der Waals surface area contributed by atoms with E-state index < -0.39 is 0 Å². The first-order valence-corrected chi connectivity index (χ1v) is 6.77. The maximum Gasteiger partial charge on any atom is 0.219 e.